The van der Waals surface area contributed by atoms with Crippen LogP contribution in [0, 0.1) is 0 Å². The Kier molecular flexibility index (Phi) is 3.01. The van der Waals surface area contributed by atoms with E-state index in [0.29, 0.717) is 0 Å². The summed E-state index contributed by atoms with van der Waals surface area (Å²) in [5, 5.41) is 11.2. The van der Waals surface area contributed by atoms with Crippen LogP contribution in [-0.4, -0.2) is 30.3 Å². The summed E-state index contributed by atoms with van der Waals surface area (Å²) < 4.78 is 6.02. The zero-order valence-electron chi connectivity index (χ0n) is 11.5. The first-order valence-corrected chi connectivity index (χ1v) is 6.71. The van der Waals surface area contributed by atoms with E-state index in [4.69, 9.17) is 9.84 Å². The summed E-state index contributed by atoms with van der Waals surface area (Å²) in [6.07, 6.45) is -0.329. The van der Waals surface area contributed by atoms with Gasteiger partial charge in [0, 0.05) is 12.4 Å². The van der Waals surface area contributed by atoms with Gasteiger partial charge in [-0.3, -0.25) is 4.79 Å². The SMILES string of the molecule is CC1C(CC(=O)O)Oc2c(ccc3ccccc23)N1C. The second-order valence-electron chi connectivity index (χ2n) is 5.24. The number of carbonyl (C=O) groups is 1. The molecule has 0 spiro atoms. The third-order valence-corrected chi connectivity index (χ3v) is 4.03. The van der Waals surface area contributed by atoms with Crippen LogP contribution in [0.25, 0.3) is 10.8 Å². The van der Waals surface area contributed by atoms with Crippen molar-refractivity contribution in [2.75, 3.05) is 11.9 Å². The molecule has 0 aromatic heterocycles. The van der Waals surface area contributed by atoms with Crippen LogP contribution in [0.3, 0.4) is 0 Å². The molecule has 2 unspecified atom stereocenters. The molecule has 104 valence electrons. The van der Waals surface area contributed by atoms with Crippen LogP contribution in [-0.2, 0) is 4.79 Å². The number of carboxylic acids is 1. The van der Waals surface area contributed by atoms with Crippen molar-refractivity contribution in [3.63, 3.8) is 0 Å². The molecule has 0 bridgehead atoms. The van der Waals surface area contributed by atoms with E-state index >= 15 is 0 Å². The molecule has 2 aromatic carbocycles. The zero-order valence-corrected chi connectivity index (χ0v) is 11.5. The summed E-state index contributed by atoms with van der Waals surface area (Å²) >= 11 is 0. The van der Waals surface area contributed by atoms with Crippen LogP contribution in [0.4, 0.5) is 5.69 Å². The fraction of sp³-hybridized carbons (Fsp3) is 0.312. The van der Waals surface area contributed by atoms with Gasteiger partial charge in [-0.15, -0.1) is 0 Å². The van der Waals surface area contributed by atoms with E-state index in [1.54, 1.807) is 0 Å². The van der Waals surface area contributed by atoms with Gasteiger partial charge in [0.25, 0.3) is 0 Å². The zero-order chi connectivity index (χ0) is 14.3. The number of fused-ring (bicyclic) bond motifs is 3. The Morgan fingerprint density at radius 2 is 2.05 bits per heavy atom. The highest BCUT2D eigenvalue weighted by atomic mass is 16.5. The Bertz CT molecular complexity index is 668. The van der Waals surface area contributed by atoms with Crippen molar-refractivity contribution in [1.29, 1.82) is 0 Å². The van der Waals surface area contributed by atoms with Crippen molar-refractivity contribution in [2.45, 2.75) is 25.5 Å². The van der Waals surface area contributed by atoms with Crippen LogP contribution in [0.2, 0.25) is 0 Å². The smallest absolute Gasteiger partial charge is 0.307 e. The van der Waals surface area contributed by atoms with Gasteiger partial charge in [0.1, 0.15) is 6.10 Å². The first-order valence-electron chi connectivity index (χ1n) is 6.71. The van der Waals surface area contributed by atoms with Crippen molar-refractivity contribution in [3.05, 3.63) is 36.4 Å². The van der Waals surface area contributed by atoms with Gasteiger partial charge in [0.2, 0.25) is 0 Å². The van der Waals surface area contributed by atoms with Crippen LogP contribution < -0.4 is 9.64 Å². The molecule has 0 saturated heterocycles. The fourth-order valence-corrected chi connectivity index (χ4v) is 2.74. The minimum Gasteiger partial charge on any atom is -0.485 e. The van der Waals surface area contributed by atoms with E-state index in [0.717, 1.165) is 22.2 Å². The molecule has 0 saturated carbocycles. The lowest BCUT2D eigenvalue weighted by molar-refractivity contribution is -0.139. The number of ether oxygens (including phenoxy) is 1. The van der Waals surface area contributed by atoms with Crippen LogP contribution >= 0.6 is 0 Å². The molecule has 0 fully saturated rings. The number of hydrogen-bond acceptors (Lipinski definition) is 3. The van der Waals surface area contributed by atoms with Crippen molar-refractivity contribution >= 4 is 22.4 Å². The number of hydrogen-bond donors (Lipinski definition) is 1. The van der Waals surface area contributed by atoms with E-state index in [2.05, 4.69) is 11.0 Å². The largest absolute Gasteiger partial charge is 0.485 e. The molecular weight excluding hydrogens is 254 g/mol. The minimum absolute atomic E-state index is 0.00810. The Morgan fingerprint density at radius 3 is 2.80 bits per heavy atom. The summed E-state index contributed by atoms with van der Waals surface area (Å²) in [4.78, 5) is 13.1. The van der Waals surface area contributed by atoms with Crippen molar-refractivity contribution < 1.29 is 14.6 Å². The number of nitrogens with zero attached hydrogens (tertiary/aromatic N) is 1. The quantitative estimate of drug-likeness (QED) is 0.912. The maximum atomic E-state index is 11.0. The Balaban J connectivity index is 2.12. The molecule has 2 atom stereocenters. The molecule has 1 aliphatic rings. The molecule has 1 N–H and O–H groups in total. The Hall–Kier alpha value is -2.23. The minimum atomic E-state index is -0.834. The molecule has 20 heavy (non-hydrogen) atoms. The van der Waals surface area contributed by atoms with Gasteiger partial charge in [-0.25, -0.2) is 0 Å². The molecule has 3 rings (SSSR count). The first-order chi connectivity index (χ1) is 9.58. The van der Waals surface area contributed by atoms with Crippen molar-refractivity contribution in [1.82, 2.24) is 0 Å². The highest BCUT2D eigenvalue weighted by molar-refractivity contribution is 5.94. The molecule has 4 nitrogen and oxygen atoms in total. The summed E-state index contributed by atoms with van der Waals surface area (Å²) in [6, 6.07) is 12.1. The molecule has 0 amide bonds. The number of benzene rings is 2. The predicted molar refractivity (Wildman–Crippen MR) is 78.5 cm³/mol. The van der Waals surface area contributed by atoms with Crippen molar-refractivity contribution in [3.8, 4) is 5.75 Å². The normalized spacial score (nSPS) is 21.4. The number of anilines is 1. The second kappa shape index (κ2) is 4.71. The van der Waals surface area contributed by atoms with Gasteiger partial charge < -0.3 is 14.7 Å². The predicted octanol–water partition coefficient (Wildman–Crippen LogP) is 2.90. The van der Waals surface area contributed by atoms with Gasteiger partial charge in [-0.05, 0) is 18.4 Å². The summed E-state index contributed by atoms with van der Waals surface area (Å²) in [5.41, 5.74) is 1.01. The average Bonchev–Trinajstić information content (AvgIpc) is 2.43. The Labute approximate surface area is 117 Å². The third-order valence-electron chi connectivity index (χ3n) is 4.03. The maximum Gasteiger partial charge on any atom is 0.307 e. The molecule has 4 heteroatoms. The van der Waals surface area contributed by atoms with E-state index in [1.165, 1.54) is 0 Å². The van der Waals surface area contributed by atoms with Gasteiger partial charge in [0.05, 0.1) is 18.2 Å². The highest BCUT2D eigenvalue weighted by Gasteiger charge is 2.33. The number of aliphatic carboxylic acids is 1. The highest BCUT2D eigenvalue weighted by Crippen LogP contribution is 2.41. The van der Waals surface area contributed by atoms with Gasteiger partial charge in [-0.1, -0.05) is 30.3 Å². The van der Waals surface area contributed by atoms with E-state index in [-0.39, 0.29) is 18.6 Å². The van der Waals surface area contributed by atoms with Gasteiger partial charge >= 0.3 is 5.97 Å². The number of carboxylic acid groups (broad SMARTS) is 1. The van der Waals surface area contributed by atoms with E-state index in [1.807, 2.05) is 44.3 Å². The lowest BCUT2D eigenvalue weighted by Gasteiger charge is -2.39. The standard InChI is InChI=1S/C16H17NO3/c1-10-14(9-15(18)19)20-16-12-6-4-3-5-11(12)7-8-13(16)17(10)2/h3-8,10,14H,9H2,1-2H3,(H,18,19). The molecule has 1 aliphatic heterocycles. The topological polar surface area (TPSA) is 49.8 Å². The molecule has 0 radical (unpaired) electrons. The molecule has 1 heterocycles. The van der Waals surface area contributed by atoms with Crippen LogP contribution in [0.5, 0.6) is 5.75 Å². The summed E-state index contributed by atoms with van der Waals surface area (Å²) in [6.45, 7) is 1.99. The molecule has 0 aliphatic carbocycles. The summed E-state index contributed by atoms with van der Waals surface area (Å²) in [7, 11) is 1.98. The van der Waals surface area contributed by atoms with Gasteiger partial charge in [-0.2, -0.15) is 0 Å². The first kappa shape index (κ1) is 12.8. The van der Waals surface area contributed by atoms with E-state index < -0.39 is 5.97 Å². The van der Waals surface area contributed by atoms with Gasteiger partial charge in [0.15, 0.2) is 5.75 Å². The number of rotatable bonds is 2. The van der Waals surface area contributed by atoms with Crippen LogP contribution in [0.15, 0.2) is 36.4 Å². The lowest BCUT2D eigenvalue weighted by Crippen LogP contribution is -2.46. The van der Waals surface area contributed by atoms with Crippen molar-refractivity contribution in [2.24, 2.45) is 0 Å². The maximum absolute atomic E-state index is 11.0. The van der Waals surface area contributed by atoms with E-state index in [9.17, 15) is 4.79 Å². The second-order valence-corrected chi connectivity index (χ2v) is 5.24. The monoisotopic (exact) mass is 271 g/mol. The average molecular weight is 271 g/mol. The molecule has 2 aromatic rings. The van der Waals surface area contributed by atoms with Crippen LogP contribution in [0.1, 0.15) is 13.3 Å². The number of likely N-dealkylation sites (N-methyl/N-ethyl adjacent to an activating group) is 1. The lowest BCUT2D eigenvalue weighted by atomic mass is 10.0. The summed E-state index contributed by atoms with van der Waals surface area (Å²) in [5.74, 6) is -0.0473. The Morgan fingerprint density at radius 1 is 1.30 bits per heavy atom. The molecular formula is C16H17NO3. The third kappa shape index (κ3) is 1.97. The fourth-order valence-electron chi connectivity index (χ4n) is 2.74.